The molecule has 0 fully saturated rings. The summed E-state index contributed by atoms with van der Waals surface area (Å²) >= 11 is 0. The van der Waals surface area contributed by atoms with E-state index in [0.717, 1.165) is 12.4 Å². The number of aromatic nitrogens is 1. The van der Waals surface area contributed by atoms with Crippen LogP contribution in [0.15, 0.2) is 24.4 Å². The molecular weight excluding hydrogens is 232 g/mol. The molecule has 92 valence electrons. The first-order valence-electron chi connectivity index (χ1n) is 4.44. The van der Waals surface area contributed by atoms with Crippen LogP contribution >= 0.6 is 0 Å². The molecule has 0 aliphatic rings. The summed E-state index contributed by atoms with van der Waals surface area (Å²) in [4.78, 5) is 4.08. The lowest BCUT2D eigenvalue weighted by Gasteiger charge is -2.06. The average molecular weight is 248 g/mol. The Labute approximate surface area is 94.7 Å². The van der Waals surface area contributed by atoms with Gasteiger partial charge in [-0.15, -0.1) is 0 Å². The minimum absolute atomic E-state index is 0.164. The Bertz CT molecular complexity index is 372. The van der Waals surface area contributed by atoms with Gasteiger partial charge >= 0.3 is 10.3 Å². The maximum Gasteiger partial charge on any atom is 0.330 e. The zero-order valence-corrected chi connectivity index (χ0v) is 9.68. The van der Waals surface area contributed by atoms with Crippen LogP contribution in [0.4, 0.5) is 5.82 Å². The highest BCUT2D eigenvalue weighted by Gasteiger charge is 1.93. The Kier molecular flexibility index (Phi) is 6.58. The second-order valence-corrected chi connectivity index (χ2v) is 4.12. The molecule has 0 saturated carbocycles. The van der Waals surface area contributed by atoms with Gasteiger partial charge in [0.25, 0.3) is 0 Å². The molecular formula is C8H16N4O3S. The lowest BCUT2D eigenvalue weighted by atomic mass is 10.3. The van der Waals surface area contributed by atoms with E-state index in [2.05, 4.69) is 15.4 Å². The molecule has 0 aliphatic carbocycles. The third-order valence-corrected chi connectivity index (χ3v) is 1.27. The summed E-state index contributed by atoms with van der Waals surface area (Å²) in [6, 6.07) is 5.91. The van der Waals surface area contributed by atoms with Crippen LogP contribution in [0.3, 0.4) is 0 Å². The predicted molar refractivity (Wildman–Crippen MR) is 62.1 cm³/mol. The number of nitrogens with zero attached hydrogens (tertiary/aromatic N) is 1. The molecule has 0 radical (unpaired) electrons. The standard InChI is InChI=1S/C8H13N3.H3NO3S/c1-7(9)6-11-8-4-2-3-5-10-8;1-5(2,3)4/h2-5,7H,6,9H2,1H3,(H,10,11);(H3,1,2,3,4). The van der Waals surface area contributed by atoms with E-state index in [1.165, 1.54) is 0 Å². The SMILES string of the molecule is CC(N)CNc1ccccn1.NS(=O)(=O)O. The number of nitrogens with one attached hydrogen (secondary N) is 1. The third kappa shape index (κ3) is 12.8. The van der Waals surface area contributed by atoms with Crippen LogP contribution in [0.1, 0.15) is 6.92 Å². The first-order chi connectivity index (χ1) is 7.29. The van der Waals surface area contributed by atoms with Gasteiger partial charge in [-0.25, -0.2) is 10.1 Å². The van der Waals surface area contributed by atoms with Crippen molar-refractivity contribution in [2.45, 2.75) is 13.0 Å². The van der Waals surface area contributed by atoms with Gasteiger partial charge in [-0.1, -0.05) is 6.07 Å². The monoisotopic (exact) mass is 248 g/mol. The van der Waals surface area contributed by atoms with Crippen molar-refractivity contribution >= 4 is 16.1 Å². The van der Waals surface area contributed by atoms with Gasteiger partial charge in [0.15, 0.2) is 0 Å². The van der Waals surface area contributed by atoms with E-state index in [9.17, 15) is 0 Å². The van der Waals surface area contributed by atoms with Crippen molar-refractivity contribution in [2.24, 2.45) is 10.9 Å². The number of rotatable bonds is 3. The van der Waals surface area contributed by atoms with E-state index in [0.29, 0.717) is 0 Å². The Morgan fingerprint density at radius 3 is 2.50 bits per heavy atom. The van der Waals surface area contributed by atoms with E-state index in [1.807, 2.05) is 25.1 Å². The van der Waals surface area contributed by atoms with Crippen molar-refractivity contribution in [3.63, 3.8) is 0 Å². The van der Waals surface area contributed by atoms with Crippen LogP contribution < -0.4 is 16.2 Å². The van der Waals surface area contributed by atoms with E-state index in [-0.39, 0.29) is 6.04 Å². The van der Waals surface area contributed by atoms with Gasteiger partial charge in [0.1, 0.15) is 5.82 Å². The fourth-order valence-corrected chi connectivity index (χ4v) is 0.733. The van der Waals surface area contributed by atoms with Gasteiger partial charge in [-0.2, -0.15) is 8.42 Å². The van der Waals surface area contributed by atoms with Crippen molar-refractivity contribution in [3.8, 4) is 0 Å². The topological polar surface area (TPSA) is 131 Å². The highest BCUT2D eigenvalue weighted by atomic mass is 32.2. The lowest BCUT2D eigenvalue weighted by Crippen LogP contribution is -2.25. The van der Waals surface area contributed by atoms with Crippen LogP contribution in [-0.4, -0.2) is 30.5 Å². The number of nitrogens with two attached hydrogens (primary N) is 2. The minimum atomic E-state index is -4.17. The Balaban J connectivity index is 0.000000385. The molecule has 1 unspecified atom stereocenters. The van der Waals surface area contributed by atoms with Crippen molar-refractivity contribution in [2.75, 3.05) is 11.9 Å². The molecule has 1 heterocycles. The normalized spacial score (nSPS) is 12.2. The maximum absolute atomic E-state index is 8.97. The fourth-order valence-electron chi connectivity index (χ4n) is 0.733. The first-order valence-corrected chi connectivity index (χ1v) is 5.95. The Morgan fingerprint density at radius 2 is 2.12 bits per heavy atom. The molecule has 0 bridgehead atoms. The summed E-state index contributed by atoms with van der Waals surface area (Å²) in [5.41, 5.74) is 5.55. The van der Waals surface area contributed by atoms with Crippen LogP contribution in [0.25, 0.3) is 0 Å². The smallest absolute Gasteiger partial charge is 0.330 e. The number of pyridine rings is 1. The molecule has 0 spiro atoms. The molecule has 7 nitrogen and oxygen atoms in total. The molecule has 0 saturated heterocycles. The van der Waals surface area contributed by atoms with Gasteiger partial charge in [0, 0.05) is 18.8 Å². The van der Waals surface area contributed by atoms with E-state index < -0.39 is 10.3 Å². The summed E-state index contributed by atoms with van der Waals surface area (Å²) in [5, 5.41) is 6.99. The minimum Gasteiger partial charge on any atom is -0.369 e. The molecule has 1 aromatic heterocycles. The van der Waals surface area contributed by atoms with Gasteiger partial charge in [-0.3, -0.25) is 4.55 Å². The van der Waals surface area contributed by atoms with Crippen molar-refractivity contribution in [1.82, 2.24) is 4.98 Å². The van der Waals surface area contributed by atoms with Crippen LogP contribution in [0.2, 0.25) is 0 Å². The van der Waals surface area contributed by atoms with E-state index in [1.54, 1.807) is 6.20 Å². The summed E-state index contributed by atoms with van der Waals surface area (Å²) in [7, 11) is -4.17. The summed E-state index contributed by atoms with van der Waals surface area (Å²) in [5.74, 6) is 0.879. The van der Waals surface area contributed by atoms with Gasteiger partial charge in [0.2, 0.25) is 0 Å². The predicted octanol–water partition coefficient (Wildman–Crippen LogP) is -0.411. The van der Waals surface area contributed by atoms with Crippen LogP contribution in [0, 0.1) is 0 Å². The molecule has 6 N–H and O–H groups in total. The fraction of sp³-hybridized carbons (Fsp3) is 0.375. The zero-order valence-electron chi connectivity index (χ0n) is 8.87. The highest BCUT2D eigenvalue weighted by molar-refractivity contribution is 7.83. The molecule has 0 amide bonds. The van der Waals surface area contributed by atoms with Crippen molar-refractivity contribution in [3.05, 3.63) is 24.4 Å². The second-order valence-electron chi connectivity index (χ2n) is 3.09. The molecule has 1 rings (SSSR count). The lowest BCUT2D eigenvalue weighted by molar-refractivity contribution is 0.485. The highest BCUT2D eigenvalue weighted by Crippen LogP contribution is 1.98. The zero-order chi connectivity index (χ0) is 12.6. The first kappa shape index (κ1) is 14.8. The number of hydrogen-bond acceptors (Lipinski definition) is 5. The molecule has 0 aromatic carbocycles. The molecule has 0 aliphatic heterocycles. The van der Waals surface area contributed by atoms with E-state index >= 15 is 0 Å². The Morgan fingerprint density at radius 1 is 1.56 bits per heavy atom. The average Bonchev–Trinajstić information content (AvgIpc) is 2.14. The van der Waals surface area contributed by atoms with Crippen molar-refractivity contribution < 1.29 is 13.0 Å². The molecule has 1 atom stereocenters. The van der Waals surface area contributed by atoms with Gasteiger partial charge < -0.3 is 11.1 Å². The van der Waals surface area contributed by atoms with Gasteiger partial charge in [-0.05, 0) is 19.1 Å². The largest absolute Gasteiger partial charge is 0.369 e. The van der Waals surface area contributed by atoms with Crippen LogP contribution in [-0.2, 0) is 10.3 Å². The summed E-state index contributed by atoms with van der Waals surface area (Å²) in [6.07, 6.45) is 1.75. The quantitative estimate of drug-likeness (QED) is 0.538. The molecule has 1 aromatic rings. The van der Waals surface area contributed by atoms with Crippen molar-refractivity contribution in [1.29, 1.82) is 0 Å². The summed E-state index contributed by atoms with van der Waals surface area (Å²) in [6.45, 7) is 2.72. The third-order valence-electron chi connectivity index (χ3n) is 1.27. The molecule has 16 heavy (non-hydrogen) atoms. The molecule has 8 heteroatoms. The van der Waals surface area contributed by atoms with E-state index in [4.69, 9.17) is 18.7 Å². The Hall–Kier alpha value is -1.22. The summed E-state index contributed by atoms with van der Waals surface area (Å²) < 4.78 is 25.2. The van der Waals surface area contributed by atoms with Crippen LogP contribution in [0.5, 0.6) is 0 Å². The number of anilines is 1. The second kappa shape index (κ2) is 7.12. The maximum atomic E-state index is 8.97. The van der Waals surface area contributed by atoms with Gasteiger partial charge in [0.05, 0.1) is 0 Å². The number of hydrogen-bond donors (Lipinski definition) is 4.